The summed E-state index contributed by atoms with van der Waals surface area (Å²) in [5.41, 5.74) is 1.06. The van der Waals surface area contributed by atoms with E-state index in [1.54, 1.807) is 6.92 Å². The summed E-state index contributed by atoms with van der Waals surface area (Å²) < 4.78 is 25.6. The highest BCUT2D eigenvalue weighted by molar-refractivity contribution is 7.88. The van der Waals surface area contributed by atoms with Crippen LogP contribution >= 0.6 is 0 Å². The lowest BCUT2D eigenvalue weighted by atomic mass is 10.3. The van der Waals surface area contributed by atoms with Crippen molar-refractivity contribution in [3.63, 3.8) is 0 Å². The number of nitrogens with zero attached hydrogens (tertiary/aromatic N) is 1. The summed E-state index contributed by atoms with van der Waals surface area (Å²) in [6.45, 7) is 1.66. The van der Waals surface area contributed by atoms with Crippen LogP contribution in [0.3, 0.4) is 0 Å². The minimum Gasteiger partial charge on any atom is -0.364 e. The van der Waals surface area contributed by atoms with Crippen LogP contribution < -0.4 is 5.14 Å². The Bertz CT molecular complexity index is 340. The molecule has 1 aromatic rings. The third-order valence-electron chi connectivity index (χ3n) is 1.21. The monoisotopic (exact) mass is 176 g/mol. The van der Waals surface area contributed by atoms with Crippen LogP contribution in [-0.4, -0.2) is 13.6 Å². The molecule has 1 rings (SSSR count). The number of hydrogen-bond donors (Lipinski definition) is 1. The highest BCUT2D eigenvalue weighted by Gasteiger charge is 2.09. The molecule has 1 aromatic heterocycles. The Hall–Kier alpha value is -0.880. The number of sulfonamides is 1. The molecule has 0 unspecified atom stereocenters. The van der Waals surface area contributed by atoms with E-state index < -0.39 is 10.0 Å². The van der Waals surface area contributed by atoms with Crippen molar-refractivity contribution in [1.82, 2.24) is 5.16 Å². The van der Waals surface area contributed by atoms with Gasteiger partial charge in [0.25, 0.3) is 0 Å². The molecule has 2 N–H and O–H groups in total. The summed E-state index contributed by atoms with van der Waals surface area (Å²) in [4.78, 5) is 0. The summed E-state index contributed by atoms with van der Waals surface area (Å²) in [7, 11) is -3.47. The Morgan fingerprint density at radius 2 is 2.36 bits per heavy atom. The number of rotatable bonds is 2. The first-order chi connectivity index (χ1) is 4.99. The quantitative estimate of drug-likeness (QED) is 0.674. The molecule has 0 aromatic carbocycles. The van der Waals surface area contributed by atoms with Gasteiger partial charge in [0, 0.05) is 5.56 Å². The molecule has 6 heteroatoms. The average Bonchev–Trinajstić information content (AvgIpc) is 2.12. The topological polar surface area (TPSA) is 86.2 Å². The standard InChI is InChI=1S/C5H8N2O3S/c1-4-5(2-10-7-4)3-11(6,8)9/h2H,3H2,1H3,(H2,6,8,9). The van der Waals surface area contributed by atoms with E-state index in [2.05, 4.69) is 9.68 Å². The van der Waals surface area contributed by atoms with Gasteiger partial charge in [0.1, 0.15) is 6.26 Å². The van der Waals surface area contributed by atoms with Gasteiger partial charge in [0.2, 0.25) is 10.0 Å². The van der Waals surface area contributed by atoms with Crippen LogP contribution in [0.15, 0.2) is 10.8 Å². The maximum absolute atomic E-state index is 10.6. The molecule has 0 spiro atoms. The Labute approximate surface area is 64.2 Å². The molecule has 0 fully saturated rings. The van der Waals surface area contributed by atoms with Crippen molar-refractivity contribution in [2.75, 3.05) is 0 Å². The van der Waals surface area contributed by atoms with Crippen LogP contribution in [0.5, 0.6) is 0 Å². The summed E-state index contributed by atoms with van der Waals surface area (Å²) in [5.74, 6) is -0.220. The van der Waals surface area contributed by atoms with Crippen molar-refractivity contribution in [2.24, 2.45) is 5.14 Å². The van der Waals surface area contributed by atoms with Crippen LogP contribution in [0.4, 0.5) is 0 Å². The first-order valence-electron chi connectivity index (χ1n) is 2.89. The van der Waals surface area contributed by atoms with Gasteiger partial charge in [-0.2, -0.15) is 0 Å². The lowest BCUT2D eigenvalue weighted by Crippen LogP contribution is -2.14. The van der Waals surface area contributed by atoms with E-state index in [0.717, 1.165) is 0 Å². The summed E-state index contributed by atoms with van der Waals surface area (Å²) >= 11 is 0. The maximum Gasteiger partial charge on any atom is 0.213 e. The summed E-state index contributed by atoms with van der Waals surface area (Å²) in [6.07, 6.45) is 1.28. The first kappa shape index (κ1) is 8.22. The number of aromatic nitrogens is 1. The van der Waals surface area contributed by atoms with E-state index >= 15 is 0 Å². The van der Waals surface area contributed by atoms with Crippen LogP contribution in [0.25, 0.3) is 0 Å². The molecule has 1 heterocycles. The van der Waals surface area contributed by atoms with E-state index in [-0.39, 0.29) is 5.75 Å². The average molecular weight is 176 g/mol. The molecule has 0 radical (unpaired) electrons. The van der Waals surface area contributed by atoms with Crippen LogP contribution in [-0.2, 0) is 15.8 Å². The molecule has 62 valence electrons. The molecule has 0 aliphatic heterocycles. The van der Waals surface area contributed by atoms with Gasteiger partial charge in [0.05, 0.1) is 11.4 Å². The summed E-state index contributed by atoms with van der Waals surface area (Å²) in [6, 6.07) is 0. The van der Waals surface area contributed by atoms with Crippen molar-refractivity contribution in [1.29, 1.82) is 0 Å². The van der Waals surface area contributed by atoms with E-state index in [1.807, 2.05) is 0 Å². The zero-order valence-electron chi connectivity index (χ0n) is 5.94. The van der Waals surface area contributed by atoms with Gasteiger partial charge in [-0.05, 0) is 6.92 Å². The number of primary sulfonamides is 1. The van der Waals surface area contributed by atoms with Crippen LogP contribution in [0.1, 0.15) is 11.3 Å². The number of hydrogen-bond acceptors (Lipinski definition) is 4. The highest BCUT2D eigenvalue weighted by Crippen LogP contribution is 2.07. The van der Waals surface area contributed by atoms with E-state index in [9.17, 15) is 8.42 Å². The minimum absolute atomic E-state index is 0.220. The Morgan fingerprint density at radius 1 is 1.73 bits per heavy atom. The van der Waals surface area contributed by atoms with Gasteiger partial charge in [-0.1, -0.05) is 5.16 Å². The van der Waals surface area contributed by atoms with Crippen LogP contribution in [0, 0.1) is 6.92 Å². The zero-order valence-corrected chi connectivity index (χ0v) is 6.76. The van der Waals surface area contributed by atoms with Gasteiger partial charge in [-0.25, -0.2) is 13.6 Å². The van der Waals surface area contributed by atoms with E-state index in [4.69, 9.17) is 5.14 Å². The minimum atomic E-state index is -3.47. The second kappa shape index (κ2) is 2.63. The van der Waals surface area contributed by atoms with Crippen molar-refractivity contribution in [3.05, 3.63) is 17.5 Å². The van der Waals surface area contributed by atoms with Crippen molar-refractivity contribution in [3.8, 4) is 0 Å². The predicted molar refractivity (Wildman–Crippen MR) is 38.1 cm³/mol. The maximum atomic E-state index is 10.6. The smallest absolute Gasteiger partial charge is 0.213 e. The molecule has 0 atom stereocenters. The Balaban J connectivity index is 2.89. The van der Waals surface area contributed by atoms with Gasteiger partial charge < -0.3 is 4.52 Å². The lowest BCUT2D eigenvalue weighted by molar-refractivity contribution is 0.414. The Kier molecular flexibility index (Phi) is 1.97. The molecule has 0 aliphatic rings. The molecular formula is C5H8N2O3S. The van der Waals surface area contributed by atoms with E-state index in [0.29, 0.717) is 11.3 Å². The number of nitrogens with two attached hydrogens (primary N) is 1. The second-order valence-electron chi connectivity index (χ2n) is 2.23. The van der Waals surface area contributed by atoms with Crippen molar-refractivity contribution in [2.45, 2.75) is 12.7 Å². The van der Waals surface area contributed by atoms with E-state index in [1.165, 1.54) is 6.26 Å². The first-order valence-corrected chi connectivity index (χ1v) is 4.61. The largest absolute Gasteiger partial charge is 0.364 e. The Morgan fingerprint density at radius 3 is 2.73 bits per heavy atom. The fraction of sp³-hybridized carbons (Fsp3) is 0.400. The molecule has 0 amide bonds. The van der Waals surface area contributed by atoms with Crippen LogP contribution in [0.2, 0.25) is 0 Å². The van der Waals surface area contributed by atoms with Crippen molar-refractivity contribution >= 4 is 10.0 Å². The molecule has 5 nitrogen and oxygen atoms in total. The predicted octanol–water partition coefficient (Wildman–Crippen LogP) is -0.228. The van der Waals surface area contributed by atoms with Gasteiger partial charge in [0.15, 0.2) is 0 Å². The van der Waals surface area contributed by atoms with Gasteiger partial charge >= 0.3 is 0 Å². The summed E-state index contributed by atoms with van der Waals surface area (Å²) in [5, 5.41) is 8.30. The SMILES string of the molecule is Cc1nocc1CS(N)(=O)=O. The third-order valence-corrected chi connectivity index (χ3v) is 1.92. The zero-order chi connectivity index (χ0) is 8.48. The van der Waals surface area contributed by atoms with Gasteiger partial charge in [-0.15, -0.1) is 0 Å². The van der Waals surface area contributed by atoms with Crippen molar-refractivity contribution < 1.29 is 12.9 Å². The molecule has 11 heavy (non-hydrogen) atoms. The molecule has 0 bridgehead atoms. The fourth-order valence-corrected chi connectivity index (χ4v) is 1.38. The molecule has 0 aliphatic carbocycles. The fourth-order valence-electron chi connectivity index (χ4n) is 0.668. The normalized spacial score (nSPS) is 11.8. The third kappa shape index (κ3) is 2.32. The molecule has 0 saturated carbocycles. The van der Waals surface area contributed by atoms with Gasteiger partial charge in [-0.3, -0.25) is 0 Å². The second-order valence-corrected chi connectivity index (χ2v) is 3.85. The lowest BCUT2D eigenvalue weighted by Gasteiger charge is -1.92. The highest BCUT2D eigenvalue weighted by atomic mass is 32.2. The molecular weight excluding hydrogens is 168 g/mol. The molecule has 0 saturated heterocycles. The number of aryl methyl sites for hydroxylation is 1.